The fraction of sp³-hybridized carbons (Fsp3) is 0.333. The molecule has 0 fully saturated rings. The average Bonchev–Trinajstić information content (AvgIpc) is 2.53. The molecule has 25 heavy (non-hydrogen) atoms. The zero-order valence-corrected chi connectivity index (χ0v) is 16.8. The first-order chi connectivity index (χ1) is 11.8. The van der Waals surface area contributed by atoms with Crippen LogP contribution in [0.4, 0.5) is 11.4 Å². The van der Waals surface area contributed by atoms with E-state index >= 15 is 0 Å². The summed E-state index contributed by atoms with van der Waals surface area (Å²) < 4.78 is 25.0. The van der Waals surface area contributed by atoms with Crippen LogP contribution < -0.4 is 4.90 Å². The number of nitrogens with zero attached hydrogens (tertiary/aromatic N) is 2. The molecule has 0 saturated carbocycles. The van der Waals surface area contributed by atoms with Gasteiger partial charge in [0.05, 0.1) is 39.1 Å². The van der Waals surface area contributed by atoms with E-state index in [9.17, 15) is 8.76 Å². The highest BCUT2D eigenvalue weighted by Gasteiger charge is 2.31. The van der Waals surface area contributed by atoms with Gasteiger partial charge in [-0.2, -0.15) is 0 Å². The molecule has 0 radical (unpaired) electrons. The minimum absolute atomic E-state index is 0.532. The maximum atomic E-state index is 12.1. The molecule has 2 atom stereocenters. The summed E-state index contributed by atoms with van der Waals surface area (Å²) in [5.74, 6) is 0. The summed E-state index contributed by atoms with van der Waals surface area (Å²) in [6.07, 6.45) is 0.532. The molecule has 2 aromatic carbocycles. The summed E-state index contributed by atoms with van der Waals surface area (Å²) in [5, 5.41) is -0.0395. The van der Waals surface area contributed by atoms with Gasteiger partial charge in [-0.1, -0.05) is 35.5 Å². The molecule has 1 aliphatic heterocycles. The van der Waals surface area contributed by atoms with Crippen LogP contribution >= 0.6 is 23.4 Å². The Morgan fingerprint density at radius 3 is 2.52 bits per heavy atom. The second-order valence-corrected chi connectivity index (χ2v) is 9.65. The van der Waals surface area contributed by atoms with Crippen LogP contribution in [-0.4, -0.2) is 46.3 Å². The van der Waals surface area contributed by atoms with E-state index in [0.717, 1.165) is 27.7 Å². The van der Waals surface area contributed by atoms with Crippen molar-refractivity contribution in [2.24, 2.45) is 0 Å². The Balaban J connectivity index is 2.09. The van der Waals surface area contributed by atoms with Crippen molar-refractivity contribution >= 4 is 45.8 Å². The number of rotatable bonds is 5. The summed E-state index contributed by atoms with van der Waals surface area (Å²) in [6, 6.07) is 13.6. The van der Waals surface area contributed by atoms with Crippen LogP contribution in [0.3, 0.4) is 0 Å². The minimum atomic E-state index is -2.24. The predicted octanol–water partition coefficient (Wildman–Crippen LogP) is 4.24. The molecule has 4 nitrogen and oxygen atoms in total. The van der Waals surface area contributed by atoms with E-state index in [1.54, 1.807) is 11.8 Å². The molecule has 2 aromatic rings. The van der Waals surface area contributed by atoms with Crippen molar-refractivity contribution in [3.63, 3.8) is 0 Å². The number of benzene rings is 2. The number of hydrogen-bond acceptors (Lipinski definition) is 4. The van der Waals surface area contributed by atoms with Gasteiger partial charge >= 0.3 is 0 Å². The molecule has 0 amide bonds. The van der Waals surface area contributed by atoms with Crippen molar-refractivity contribution in [3.8, 4) is 0 Å². The van der Waals surface area contributed by atoms with Crippen LogP contribution in [0.2, 0.25) is 5.02 Å². The molecule has 0 N–H and O–H groups in total. The van der Waals surface area contributed by atoms with Crippen LogP contribution in [0.25, 0.3) is 0 Å². The van der Waals surface area contributed by atoms with E-state index in [1.807, 2.05) is 47.4 Å². The van der Waals surface area contributed by atoms with E-state index in [1.165, 1.54) is 0 Å². The zero-order chi connectivity index (χ0) is 18.2. The Kier molecular flexibility index (Phi) is 5.46. The van der Waals surface area contributed by atoms with Crippen molar-refractivity contribution in [1.82, 2.24) is 0 Å². The first-order valence-corrected chi connectivity index (χ1v) is 10.3. The van der Waals surface area contributed by atoms with Crippen LogP contribution in [-0.2, 0) is 11.1 Å². The van der Waals surface area contributed by atoms with Gasteiger partial charge in [0, 0.05) is 21.2 Å². The topological polar surface area (TPSA) is 43.4 Å². The smallest absolute Gasteiger partial charge is 0.102 e. The molecule has 134 valence electrons. The standard InChI is InChI=1S/C18H21ClN2O2S2/c1-21(2,3)11-10-18(25(22)23)20-14-6-4-5-7-16(14)24-17-9-8-13(19)12-15(17)20/h4-9,12,18H,10-11H2,1-3H3. The number of halogens is 1. The molecule has 7 heteroatoms. The van der Waals surface area contributed by atoms with Gasteiger partial charge in [-0.15, -0.1) is 0 Å². The van der Waals surface area contributed by atoms with Crippen molar-refractivity contribution in [3.05, 3.63) is 47.5 Å². The van der Waals surface area contributed by atoms with Crippen LogP contribution in [0.5, 0.6) is 0 Å². The van der Waals surface area contributed by atoms with E-state index < -0.39 is 16.5 Å². The highest BCUT2D eigenvalue weighted by atomic mass is 35.5. The van der Waals surface area contributed by atoms with E-state index in [2.05, 4.69) is 21.1 Å². The van der Waals surface area contributed by atoms with Gasteiger partial charge in [0.1, 0.15) is 5.37 Å². The second kappa shape index (κ2) is 7.29. The summed E-state index contributed by atoms with van der Waals surface area (Å²) >= 11 is 5.61. The SMILES string of the molecule is C[N+](C)(C)CCC(N1c2ccccc2Sc2ccc(Cl)cc21)S(=O)[O-]. The predicted molar refractivity (Wildman–Crippen MR) is 104 cm³/mol. The van der Waals surface area contributed by atoms with E-state index in [4.69, 9.17) is 11.6 Å². The molecular formula is C18H21ClN2O2S2. The highest BCUT2D eigenvalue weighted by molar-refractivity contribution is 7.99. The number of quaternary nitrogens is 1. The molecule has 0 spiro atoms. The third-order valence-corrected chi connectivity index (χ3v) is 6.34. The maximum Gasteiger partial charge on any atom is 0.102 e. The summed E-state index contributed by atoms with van der Waals surface area (Å²) in [6.45, 7) is 0.750. The lowest BCUT2D eigenvalue weighted by atomic mass is 10.2. The molecule has 0 aliphatic carbocycles. The van der Waals surface area contributed by atoms with Crippen LogP contribution in [0.15, 0.2) is 52.3 Å². The fourth-order valence-electron chi connectivity index (χ4n) is 2.88. The first-order valence-electron chi connectivity index (χ1n) is 8.00. The van der Waals surface area contributed by atoms with Gasteiger partial charge in [-0.05, 0) is 41.4 Å². The Morgan fingerprint density at radius 2 is 1.84 bits per heavy atom. The Hall–Kier alpha value is -1.05. The van der Waals surface area contributed by atoms with Crippen molar-refractivity contribution in [1.29, 1.82) is 0 Å². The Bertz CT molecular complexity index is 808. The molecule has 0 saturated heterocycles. The Labute approximate surface area is 160 Å². The lowest BCUT2D eigenvalue weighted by Gasteiger charge is -2.40. The molecule has 0 aromatic heterocycles. The maximum absolute atomic E-state index is 12.1. The van der Waals surface area contributed by atoms with Gasteiger partial charge < -0.3 is 13.9 Å². The summed E-state index contributed by atoms with van der Waals surface area (Å²) in [4.78, 5) is 3.99. The largest absolute Gasteiger partial charge is 0.771 e. The van der Waals surface area contributed by atoms with Gasteiger partial charge in [0.2, 0.25) is 0 Å². The lowest BCUT2D eigenvalue weighted by Crippen LogP contribution is -2.43. The van der Waals surface area contributed by atoms with E-state index in [-0.39, 0.29) is 0 Å². The molecule has 1 aliphatic rings. The van der Waals surface area contributed by atoms with Crippen molar-refractivity contribution in [2.75, 3.05) is 32.6 Å². The average molecular weight is 397 g/mol. The third kappa shape index (κ3) is 4.20. The van der Waals surface area contributed by atoms with Crippen molar-refractivity contribution < 1.29 is 13.2 Å². The normalized spacial score (nSPS) is 16.1. The number of para-hydroxylation sites is 1. The molecule has 3 rings (SSSR count). The summed E-state index contributed by atoms with van der Waals surface area (Å²) in [7, 11) is 6.20. The van der Waals surface area contributed by atoms with Gasteiger partial charge in [-0.25, -0.2) is 0 Å². The second-order valence-electron chi connectivity index (χ2n) is 7.07. The molecule has 1 heterocycles. The van der Waals surface area contributed by atoms with Crippen LogP contribution in [0.1, 0.15) is 6.42 Å². The first kappa shape index (κ1) is 18.7. The number of hydrogen-bond donors (Lipinski definition) is 0. The van der Waals surface area contributed by atoms with Gasteiger partial charge in [0.15, 0.2) is 0 Å². The molecule has 0 bridgehead atoms. The molecular weight excluding hydrogens is 376 g/mol. The quantitative estimate of drug-likeness (QED) is 0.560. The molecule has 2 unspecified atom stereocenters. The van der Waals surface area contributed by atoms with Gasteiger partial charge in [0.25, 0.3) is 0 Å². The summed E-state index contributed by atoms with van der Waals surface area (Å²) in [5.41, 5.74) is 1.77. The number of fused-ring (bicyclic) bond motifs is 2. The monoisotopic (exact) mass is 396 g/mol. The Morgan fingerprint density at radius 1 is 1.16 bits per heavy atom. The zero-order valence-electron chi connectivity index (χ0n) is 14.4. The van der Waals surface area contributed by atoms with E-state index in [0.29, 0.717) is 15.9 Å². The van der Waals surface area contributed by atoms with Crippen LogP contribution in [0, 0.1) is 0 Å². The van der Waals surface area contributed by atoms with Gasteiger partial charge in [-0.3, -0.25) is 4.21 Å². The fourth-order valence-corrected chi connectivity index (χ4v) is 4.79. The lowest BCUT2D eigenvalue weighted by molar-refractivity contribution is -0.870. The third-order valence-electron chi connectivity index (χ3n) is 4.08. The number of anilines is 2. The minimum Gasteiger partial charge on any atom is -0.771 e. The van der Waals surface area contributed by atoms with Crippen molar-refractivity contribution in [2.45, 2.75) is 21.6 Å². The highest BCUT2D eigenvalue weighted by Crippen LogP contribution is 2.50.